The largest absolute Gasteiger partial charge is 0.393 e. The fraction of sp³-hybridized carbons (Fsp3) is 0.188. The van der Waals surface area contributed by atoms with Gasteiger partial charge in [0.15, 0.2) is 11.6 Å². The first-order valence-electron chi connectivity index (χ1n) is 7.25. The third kappa shape index (κ3) is 4.84. The molecule has 0 fully saturated rings. The Labute approximate surface area is 160 Å². The Kier molecular flexibility index (Phi) is 7.20. The van der Waals surface area contributed by atoms with Gasteiger partial charge in [-0.3, -0.25) is 9.63 Å². The first-order chi connectivity index (χ1) is 12.4. The summed E-state index contributed by atoms with van der Waals surface area (Å²) in [7, 11) is 0. The molecule has 140 valence electrons. The van der Waals surface area contributed by atoms with Gasteiger partial charge in [-0.15, -0.1) is 0 Å². The van der Waals surface area contributed by atoms with Crippen LogP contribution in [-0.2, 0) is 4.84 Å². The molecule has 0 aromatic heterocycles. The zero-order valence-corrected chi connectivity index (χ0v) is 15.3. The Bertz CT molecular complexity index is 803. The Balaban J connectivity index is 2.32. The molecule has 2 aromatic carbocycles. The summed E-state index contributed by atoms with van der Waals surface area (Å²) in [6, 6.07) is 5.74. The van der Waals surface area contributed by atoms with E-state index in [4.69, 9.17) is 15.1 Å². The zero-order chi connectivity index (χ0) is 19.3. The monoisotopic (exact) mass is 482 g/mol. The third-order valence-corrected chi connectivity index (χ3v) is 3.93. The maximum atomic E-state index is 14.2. The van der Waals surface area contributed by atoms with Crippen LogP contribution in [0.15, 0.2) is 30.3 Å². The lowest BCUT2D eigenvalue weighted by Crippen LogP contribution is -2.34. The second kappa shape index (κ2) is 9.16. The minimum atomic E-state index is -1.38. The highest BCUT2D eigenvalue weighted by Crippen LogP contribution is 2.28. The number of aliphatic hydroxyl groups excluding tert-OH is 2. The van der Waals surface area contributed by atoms with E-state index >= 15 is 0 Å². The number of nitrogens with one attached hydrogen (secondary N) is 2. The van der Waals surface area contributed by atoms with E-state index in [2.05, 4.69) is 5.32 Å². The van der Waals surface area contributed by atoms with Crippen LogP contribution < -0.4 is 10.8 Å². The number of amides is 1. The van der Waals surface area contributed by atoms with Crippen molar-refractivity contribution in [2.75, 3.05) is 18.5 Å². The number of anilines is 2. The SMILES string of the molecule is O=C(NOC(CO)CO)c1ccc(F)c(F)c1Nc1ccc(I)cc1F. The lowest BCUT2D eigenvalue weighted by molar-refractivity contribution is -0.0618. The molecule has 1 amide bonds. The quantitative estimate of drug-likeness (QED) is 0.360. The molecule has 10 heteroatoms. The molecule has 0 unspecified atom stereocenters. The van der Waals surface area contributed by atoms with Crippen LogP contribution in [-0.4, -0.2) is 35.4 Å². The number of hydroxylamine groups is 1. The van der Waals surface area contributed by atoms with Gasteiger partial charge < -0.3 is 15.5 Å². The van der Waals surface area contributed by atoms with Crippen LogP contribution in [0.1, 0.15) is 10.4 Å². The van der Waals surface area contributed by atoms with Gasteiger partial charge in [-0.25, -0.2) is 18.7 Å². The van der Waals surface area contributed by atoms with Crippen LogP contribution in [0.25, 0.3) is 0 Å². The molecule has 0 bridgehead atoms. The van der Waals surface area contributed by atoms with Crippen LogP contribution >= 0.6 is 22.6 Å². The molecule has 0 saturated heterocycles. The Morgan fingerprint density at radius 1 is 1.12 bits per heavy atom. The Morgan fingerprint density at radius 3 is 2.42 bits per heavy atom. The van der Waals surface area contributed by atoms with Crippen molar-refractivity contribution in [3.05, 3.63) is 56.9 Å². The highest BCUT2D eigenvalue weighted by Gasteiger charge is 2.21. The summed E-state index contributed by atoms with van der Waals surface area (Å²) in [4.78, 5) is 16.9. The fourth-order valence-corrected chi connectivity index (χ4v) is 2.36. The van der Waals surface area contributed by atoms with Crippen LogP contribution in [0, 0.1) is 21.0 Å². The van der Waals surface area contributed by atoms with Crippen molar-refractivity contribution < 1.29 is 33.0 Å². The van der Waals surface area contributed by atoms with E-state index in [0.29, 0.717) is 3.57 Å². The van der Waals surface area contributed by atoms with Crippen LogP contribution in [0.5, 0.6) is 0 Å². The number of benzene rings is 2. The first-order valence-corrected chi connectivity index (χ1v) is 8.33. The van der Waals surface area contributed by atoms with Gasteiger partial charge in [0, 0.05) is 3.57 Å². The standard InChI is InChI=1S/C16H14F3IN2O4/c17-11-3-2-10(16(25)22-26-9(6-23)7-24)15(14(11)19)21-13-4-1-8(20)5-12(13)18/h1-5,9,21,23-24H,6-7H2,(H,22,25). The minimum Gasteiger partial charge on any atom is -0.393 e. The molecule has 0 aliphatic carbocycles. The van der Waals surface area contributed by atoms with Crippen molar-refractivity contribution in [1.29, 1.82) is 0 Å². The van der Waals surface area contributed by atoms with Gasteiger partial charge in [0.05, 0.1) is 30.2 Å². The summed E-state index contributed by atoms with van der Waals surface area (Å²) >= 11 is 1.88. The van der Waals surface area contributed by atoms with Crippen LogP contribution in [0.3, 0.4) is 0 Å². The number of halogens is 4. The van der Waals surface area contributed by atoms with E-state index in [1.165, 1.54) is 12.1 Å². The fourth-order valence-electron chi connectivity index (χ4n) is 1.91. The molecule has 0 aliphatic rings. The van der Waals surface area contributed by atoms with Gasteiger partial charge >= 0.3 is 0 Å². The normalized spacial score (nSPS) is 10.9. The van der Waals surface area contributed by atoms with E-state index in [0.717, 1.165) is 12.1 Å². The molecule has 0 saturated carbocycles. The van der Waals surface area contributed by atoms with Crippen molar-refractivity contribution in [3.8, 4) is 0 Å². The van der Waals surface area contributed by atoms with Crippen molar-refractivity contribution >= 4 is 39.9 Å². The highest BCUT2D eigenvalue weighted by molar-refractivity contribution is 14.1. The summed E-state index contributed by atoms with van der Waals surface area (Å²) in [5.74, 6) is -4.32. The maximum absolute atomic E-state index is 14.2. The molecule has 0 heterocycles. The van der Waals surface area contributed by atoms with Crippen LogP contribution in [0.2, 0.25) is 0 Å². The zero-order valence-electron chi connectivity index (χ0n) is 13.1. The lowest BCUT2D eigenvalue weighted by Gasteiger charge is -2.16. The number of carbonyl (C=O) groups excluding carboxylic acids is 1. The Hall–Kier alpha value is -1.89. The lowest BCUT2D eigenvalue weighted by atomic mass is 10.1. The average Bonchev–Trinajstić information content (AvgIpc) is 2.61. The van der Waals surface area contributed by atoms with Gasteiger partial charge in [-0.1, -0.05) is 0 Å². The average molecular weight is 482 g/mol. The van der Waals surface area contributed by atoms with E-state index < -0.39 is 48.4 Å². The van der Waals surface area contributed by atoms with Crippen molar-refractivity contribution in [3.63, 3.8) is 0 Å². The van der Waals surface area contributed by atoms with Gasteiger partial charge in [-0.2, -0.15) is 0 Å². The van der Waals surface area contributed by atoms with Crippen molar-refractivity contribution in [2.24, 2.45) is 0 Å². The molecule has 0 atom stereocenters. The van der Waals surface area contributed by atoms with Crippen LogP contribution in [0.4, 0.5) is 24.5 Å². The number of hydrogen-bond donors (Lipinski definition) is 4. The van der Waals surface area contributed by atoms with Gasteiger partial charge in [0.1, 0.15) is 11.9 Å². The summed E-state index contributed by atoms with van der Waals surface area (Å²) in [5.41, 5.74) is 0.804. The molecule has 0 radical (unpaired) electrons. The van der Waals surface area contributed by atoms with E-state index in [9.17, 15) is 18.0 Å². The predicted octanol–water partition coefficient (Wildman–Crippen LogP) is 2.47. The van der Waals surface area contributed by atoms with Gasteiger partial charge in [0.25, 0.3) is 5.91 Å². The molecular formula is C16H14F3IN2O4. The topological polar surface area (TPSA) is 90.8 Å². The van der Waals surface area contributed by atoms with Gasteiger partial charge in [-0.05, 0) is 52.9 Å². The second-order valence-corrected chi connectivity index (χ2v) is 6.31. The maximum Gasteiger partial charge on any atom is 0.277 e. The molecule has 0 spiro atoms. The van der Waals surface area contributed by atoms with E-state index in [-0.39, 0.29) is 11.3 Å². The summed E-state index contributed by atoms with van der Waals surface area (Å²) < 4.78 is 42.3. The van der Waals surface area contributed by atoms with Crippen molar-refractivity contribution in [1.82, 2.24) is 5.48 Å². The molecule has 2 rings (SSSR count). The Morgan fingerprint density at radius 2 is 1.81 bits per heavy atom. The smallest absolute Gasteiger partial charge is 0.277 e. The number of carbonyl (C=O) groups is 1. The van der Waals surface area contributed by atoms with Crippen molar-refractivity contribution in [2.45, 2.75) is 6.10 Å². The number of aliphatic hydroxyl groups is 2. The highest BCUT2D eigenvalue weighted by atomic mass is 127. The minimum absolute atomic E-state index is 0.159. The summed E-state index contributed by atoms with van der Waals surface area (Å²) in [5, 5.41) is 20.1. The second-order valence-electron chi connectivity index (χ2n) is 5.07. The molecule has 4 N–H and O–H groups in total. The number of hydrogen-bond acceptors (Lipinski definition) is 5. The third-order valence-electron chi connectivity index (χ3n) is 3.26. The summed E-state index contributed by atoms with van der Waals surface area (Å²) in [6.45, 7) is -1.15. The van der Waals surface area contributed by atoms with E-state index in [1.54, 1.807) is 6.07 Å². The predicted molar refractivity (Wildman–Crippen MR) is 95.3 cm³/mol. The van der Waals surface area contributed by atoms with E-state index in [1.807, 2.05) is 28.1 Å². The number of rotatable bonds is 7. The van der Waals surface area contributed by atoms with Gasteiger partial charge in [0.2, 0.25) is 0 Å². The first kappa shape index (κ1) is 20.4. The molecular weight excluding hydrogens is 468 g/mol. The molecule has 26 heavy (non-hydrogen) atoms. The molecule has 0 aliphatic heterocycles. The molecule has 2 aromatic rings. The molecule has 6 nitrogen and oxygen atoms in total. The summed E-state index contributed by atoms with van der Waals surface area (Å²) in [6.07, 6.45) is -1.09.